The third-order valence-corrected chi connectivity index (χ3v) is 4.18. The van der Waals surface area contributed by atoms with Gasteiger partial charge in [-0.2, -0.15) is 0 Å². The van der Waals surface area contributed by atoms with E-state index >= 15 is 0 Å². The van der Waals surface area contributed by atoms with Crippen molar-refractivity contribution in [2.45, 2.75) is 13.3 Å². The van der Waals surface area contributed by atoms with E-state index in [1.807, 2.05) is 14.1 Å². The zero-order valence-corrected chi connectivity index (χ0v) is 14.6. The average Bonchev–Trinajstić information content (AvgIpc) is 2.51. The Balaban J connectivity index is 2.73. The lowest BCUT2D eigenvalue weighted by Gasteiger charge is -2.29. The van der Waals surface area contributed by atoms with E-state index in [0.717, 1.165) is 31.9 Å². The van der Waals surface area contributed by atoms with Crippen LogP contribution in [0.25, 0.3) is 0 Å². The van der Waals surface area contributed by atoms with Gasteiger partial charge in [0.05, 0.1) is 33.7 Å². The van der Waals surface area contributed by atoms with Gasteiger partial charge in [-0.25, -0.2) is 17.6 Å². The van der Waals surface area contributed by atoms with Gasteiger partial charge in [-0.1, -0.05) is 0 Å². The van der Waals surface area contributed by atoms with E-state index in [-0.39, 0.29) is 6.54 Å². The van der Waals surface area contributed by atoms with Crippen molar-refractivity contribution in [1.82, 2.24) is 5.32 Å². The molecule has 0 aliphatic carbocycles. The molecule has 0 spiro atoms. The number of hydrogen-bond donors (Lipinski definition) is 2. The van der Waals surface area contributed by atoms with Crippen LogP contribution in [0, 0.1) is 30.2 Å². The number of nitrogens with zero attached hydrogens (tertiary/aromatic N) is 1. The van der Waals surface area contributed by atoms with E-state index in [1.165, 1.54) is 0 Å². The highest BCUT2D eigenvalue weighted by Crippen LogP contribution is 2.23. The highest BCUT2D eigenvalue weighted by Gasteiger charge is 2.27. The lowest BCUT2D eigenvalue weighted by Crippen LogP contribution is -2.46. The molecule has 136 valence electrons. The van der Waals surface area contributed by atoms with Crippen LogP contribution in [0.1, 0.15) is 22.3 Å². The number of benzene rings is 1. The number of halogens is 4. The predicted octanol–water partition coefficient (Wildman–Crippen LogP) is 2.95. The zero-order valence-electron chi connectivity index (χ0n) is 13.8. The Labute approximate surface area is 142 Å². The summed E-state index contributed by atoms with van der Waals surface area (Å²) in [5, 5.41) is 2.28. The van der Waals surface area contributed by atoms with Gasteiger partial charge < -0.3 is 14.4 Å². The summed E-state index contributed by atoms with van der Waals surface area (Å²) in [4.78, 5) is 11.9. The summed E-state index contributed by atoms with van der Waals surface area (Å²) in [5.41, 5.74) is -2.06. The fraction of sp³-hybridized carbons (Fsp3) is 0.533. The van der Waals surface area contributed by atoms with E-state index in [2.05, 4.69) is 5.32 Å². The first-order chi connectivity index (χ1) is 11.1. The molecule has 4 nitrogen and oxygen atoms in total. The van der Waals surface area contributed by atoms with E-state index < -0.39 is 40.3 Å². The molecule has 0 atom stereocenters. The number of quaternary nitrogens is 1. The van der Waals surface area contributed by atoms with Crippen molar-refractivity contribution in [3.63, 3.8) is 0 Å². The van der Waals surface area contributed by atoms with E-state index in [9.17, 15) is 22.4 Å². The molecule has 0 aliphatic rings. The summed E-state index contributed by atoms with van der Waals surface area (Å²) < 4.78 is 63.7. The molecule has 0 saturated heterocycles. The van der Waals surface area contributed by atoms with Crippen molar-refractivity contribution < 1.29 is 31.4 Å². The molecule has 2 N–H and O–H groups in total. The lowest BCUT2D eigenvalue weighted by atomic mass is 10.1. The van der Waals surface area contributed by atoms with Crippen molar-refractivity contribution in [2.24, 2.45) is 0 Å². The Kier molecular flexibility index (Phi) is 7.50. The molecule has 0 heterocycles. The van der Waals surface area contributed by atoms with Gasteiger partial charge in [0.25, 0.3) is 5.91 Å². The summed E-state index contributed by atoms with van der Waals surface area (Å²) in [6.07, 6.45) is 0.750. The van der Waals surface area contributed by atoms with Crippen LogP contribution in [0.4, 0.5) is 17.6 Å². The maximum Gasteiger partial charge on any atom is 0.257 e. The second kappa shape index (κ2) is 8.68. The van der Waals surface area contributed by atoms with Crippen molar-refractivity contribution >= 4 is 17.9 Å². The van der Waals surface area contributed by atoms with Crippen LogP contribution in [0.15, 0.2) is 0 Å². The third kappa shape index (κ3) is 5.09. The molecule has 0 bridgehead atoms. The first kappa shape index (κ1) is 20.7. The van der Waals surface area contributed by atoms with Crippen LogP contribution in [0.3, 0.4) is 0 Å². The van der Waals surface area contributed by atoms with Crippen molar-refractivity contribution in [2.75, 3.05) is 39.5 Å². The summed E-state index contributed by atoms with van der Waals surface area (Å²) in [6.45, 7) is 2.14. The van der Waals surface area contributed by atoms with Crippen molar-refractivity contribution in [3.05, 3.63) is 34.4 Å². The molecule has 0 saturated carbocycles. The van der Waals surface area contributed by atoms with E-state index in [1.54, 1.807) is 0 Å². The Morgan fingerprint density at radius 2 is 1.62 bits per heavy atom. The smallest absolute Gasteiger partial charge is 0.257 e. The highest BCUT2D eigenvalue weighted by molar-refractivity contribution is 7.93. The molecule has 0 unspecified atom stereocenters. The number of likely N-dealkylation sites (N-methyl/N-ethyl adjacent to an activating group) is 1. The summed E-state index contributed by atoms with van der Waals surface area (Å²) in [5.74, 6) is -7.16. The molecule has 1 aromatic carbocycles. The molecular weight excluding hydrogens is 348 g/mol. The Morgan fingerprint density at radius 1 is 1.08 bits per heavy atom. The minimum absolute atomic E-state index is 0.0775. The molecule has 9 heteroatoms. The lowest BCUT2D eigenvalue weighted by molar-refractivity contribution is -0.889. The van der Waals surface area contributed by atoms with Crippen LogP contribution in [0.2, 0.25) is 0 Å². The average molecular weight is 369 g/mol. The molecular formula is C15H21F4N2O2S+. The Morgan fingerprint density at radius 3 is 2.12 bits per heavy atom. The van der Waals surface area contributed by atoms with Gasteiger partial charge in [0, 0.05) is 17.7 Å². The summed E-state index contributed by atoms with van der Waals surface area (Å²) >= 11 is 0.741. The number of rotatable bonds is 8. The van der Waals surface area contributed by atoms with Crippen LogP contribution in [0.5, 0.6) is 0 Å². The molecule has 1 rings (SSSR count). The second-order valence-corrected chi connectivity index (χ2v) is 6.75. The maximum absolute atomic E-state index is 13.7. The first-order valence-corrected chi connectivity index (χ1v) is 8.25. The normalized spacial score (nSPS) is 11.7. The van der Waals surface area contributed by atoms with Gasteiger partial charge in [0.2, 0.25) is 0 Å². The highest BCUT2D eigenvalue weighted by atomic mass is 32.2. The van der Waals surface area contributed by atoms with Gasteiger partial charge in [0.1, 0.15) is 5.56 Å². The van der Waals surface area contributed by atoms with Crippen molar-refractivity contribution in [3.8, 4) is 0 Å². The minimum Gasteiger partial charge on any atom is -0.346 e. The van der Waals surface area contributed by atoms with E-state index in [0.29, 0.717) is 16.8 Å². The fourth-order valence-corrected chi connectivity index (χ4v) is 2.43. The van der Waals surface area contributed by atoms with Crippen LogP contribution in [-0.4, -0.2) is 54.4 Å². The largest absolute Gasteiger partial charge is 0.346 e. The Hall–Kier alpha value is -1.32. The predicted molar refractivity (Wildman–Crippen MR) is 84.9 cm³/mol. The van der Waals surface area contributed by atoms with Gasteiger partial charge in [-0.15, -0.1) is 0 Å². The van der Waals surface area contributed by atoms with Gasteiger partial charge in [-0.3, -0.25) is 4.79 Å². The molecule has 0 radical (unpaired) electrons. The quantitative estimate of drug-likeness (QED) is 0.244. The number of nitrogens with one attached hydrogen (secondary N) is 1. The molecule has 1 aromatic rings. The van der Waals surface area contributed by atoms with Gasteiger partial charge in [0.15, 0.2) is 23.3 Å². The fourth-order valence-electron chi connectivity index (χ4n) is 2.17. The number of hydrogen-bond acceptors (Lipinski definition) is 3. The number of carbonyl (C=O) groups is 1. The Bertz CT molecular complexity index is 583. The number of carbonyl (C=O) groups excluding carboxylic acids is 1. The van der Waals surface area contributed by atoms with Crippen LogP contribution in [-0.2, 0) is 0 Å². The second-order valence-electron chi connectivity index (χ2n) is 6.08. The SMILES string of the molecule is Cc1c(F)c(F)c(C(=O)NCC[N+](C)(C)CCCSO)c(F)c1F. The first-order valence-electron chi connectivity index (χ1n) is 7.31. The van der Waals surface area contributed by atoms with Crippen molar-refractivity contribution in [1.29, 1.82) is 0 Å². The van der Waals surface area contributed by atoms with Crippen LogP contribution < -0.4 is 5.32 Å². The molecule has 24 heavy (non-hydrogen) atoms. The zero-order chi connectivity index (χ0) is 18.5. The van der Waals surface area contributed by atoms with Gasteiger partial charge >= 0.3 is 0 Å². The third-order valence-electron chi connectivity index (χ3n) is 3.71. The summed E-state index contributed by atoms with van der Waals surface area (Å²) in [7, 11) is 3.78. The topological polar surface area (TPSA) is 49.3 Å². The molecule has 0 aliphatic heterocycles. The monoisotopic (exact) mass is 369 g/mol. The molecule has 0 aromatic heterocycles. The van der Waals surface area contributed by atoms with Crippen LogP contribution >= 0.6 is 12.0 Å². The van der Waals surface area contributed by atoms with Gasteiger partial charge in [-0.05, 0) is 19.0 Å². The molecule has 0 fully saturated rings. The summed E-state index contributed by atoms with van der Waals surface area (Å²) in [6, 6.07) is 0. The standard InChI is InChI=1S/C15H20F4N2O2S/c1-9-11(16)13(18)10(14(19)12(9)17)15(22)20-5-7-21(2,3)6-4-8-24-23/h4-8H2,1-3H3,(H-,20,22,23)/p+1. The number of amides is 1. The molecule has 1 amide bonds. The minimum atomic E-state index is -1.70. The maximum atomic E-state index is 13.7. The van der Waals surface area contributed by atoms with E-state index in [4.69, 9.17) is 4.55 Å².